The Morgan fingerprint density at radius 1 is 0.895 bits per heavy atom. The Balaban J connectivity index is 2.47. The second-order valence-electron chi connectivity index (χ2n) is 5.87. The summed E-state index contributed by atoms with van der Waals surface area (Å²) in [6, 6.07) is 0.0210. The molecular weight excluding hydrogens is 234 g/mol. The molecule has 1 aliphatic heterocycles. The fourth-order valence-electron chi connectivity index (χ4n) is 3.12. The first kappa shape index (κ1) is 14.3. The number of hydrogen-bond acceptors (Lipinski definition) is 2. The highest BCUT2D eigenvalue weighted by atomic mass is 16.1. The minimum absolute atomic E-state index is 0.0210. The van der Waals surface area contributed by atoms with Gasteiger partial charge >= 0.3 is 0 Å². The number of piperidine rings is 1. The largest absolute Gasteiger partial charge is 0.307 e. The number of rotatable bonds is 2. The van der Waals surface area contributed by atoms with Crippen LogP contribution in [0.3, 0.4) is 0 Å². The quantitative estimate of drug-likeness (QED) is 0.823. The van der Waals surface area contributed by atoms with Crippen LogP contribution >= 0.6 is 0 Å². The average Bonchev–Trinajstić information content (AvgIpc) is 2.44. The summed E-state index contributed by atoms with van der Waals surface area (Å²) in [6.07, 6.45) is 3.32. The molecule has 1 aromatic rings. The lowest BCUT2D eigenvalue weighted by Crippen LogP contribution is -2.41. The second-order valence-corrected chi connectivity index (χ2v) is 5.87. The van der Waals surface area contributed by atoms with E-state index in [9.17, 15) is 4.79 Å². The summed E-state index contributed by atoms with van der Waals surface area (Å²) >= 11 is 0. The monoisotopic (exact) mass is 259 g/mol. The number of hydrogen-bond donors (Lipinski definition) is 1. The number of ketones is 1. The lowest BCUT2D eigenvalue weighted by atomic mass is 9.84. The SMILES string of the molecule is Cc1c(C)c(C)c(C(=O)C2CCCCN2)c(C)c1C. The van der Waals surface area contributed by atoms with E-state index in [4.69, 9.17) is 0 Å². The summed E-state index contributed by atoms with van der Waals surface area (Å²) in [5, 5.41) is 3.38. The highest BCUT2D eigenvalue weighted by Gasteiger charge is 2.26. The first-order chi connectivity index (χ1) is 8.95. The summed E-state index contributed by atoms with van der Waals surface area (Å²) in [6.45, 7) is 11.6. The van der Waals surface area contributed by atoms with Gasteiger partial charge in [-0.15, -0.1) is 0 Å². The second kappa shape index (κ2) is 5.46. The first-order valence-electron chi connectivity index (χ1n) is 7.29. The highest BCUT2D eigenvalue weighted by Crippen LogP contribution is 2.28. The maximum absolute atomic E-state index is 12.8. The molecule has 1 heterocycles. The first-order valence-corrected chi connectivity index (χ1v) is 7.29. The predicted molar refractivity (Wildman–Crippen MR) is 80.1 cm³/mol. The van der Waals surface area contributed by atoms with Crippen molar-refractivity contribution in [3.8, 4) is 0 Å². The molecule has 2 rings (SSSR count). The summed E-state index contributed by atoms with van der Waals surface area (Å²) in [4.78, 5) is 12.8. The topological polar surface area (TPSA) is 29.1 Å². The van der Waals surface area contributed by atoms with Gasteiger partial charge in [0.25, 0.3) is 0 Å². The molecule has 1 unspecified atom stereocenters. The third-order valence-corrected chi connectivity index (χ3v) is 4.87. The standard InChI is InChI=1S/C17H25NO/c1-10-11(2)13(4)16(14(5)12(10)3)17(19)15-8-6-7-9-18-15/h15,18H,6-9H2,1-5H3. The predicted octanol–water partition coefficient (Wildman–Crippen LogP) is 3.55. The van der Waals surface area contributed by atoms with Crippen molar-refractivity contribution in [3.63, 3.8) is 0 Å². The number of nitrogens with one attached hydrogen (secondary N) is 1. The zero-order chi connectivity index (χ0) is 14.2. The summed E-state index contributed by atoms with van der Waals surface area (Å²) in [7, 11) is 0. The van der Waals surface area contributed by atoms with Gasteiger partial charge in [0.1, 0.15) is 0 Å². The maximum Gasteiger partial charge on any atom is 0.180 e. The Kier molecular flexibility index (Phi) is 4.10. The molecule has 0 spiro atoms. The third kappa shape index (κ3) is 2.46. The number of carbonyl (C=O) groups excluding carboxylic acids is 1. The van der Waals surface area contributed by atoms with E-state index in [0.717, 1.165) is 36.1 Å². The average molecular weight is 259 g/mol. The molecule has 0 saturated carbocycles. The third-order valence-electron chi connectivity index (χ3n) is 4.87. The van der Waals surface area contributed by atoms with Gasteiger partial charge < -0.3 is 5.32 Å². The van der Waals surface area contributed by atoms with Crippen LogP contribution in [-0.2, 0) is 0 Å². The minimum Gasteiger partial charge on any atom is -0.307 e. The van der Waals surface area contributed by atoms with Crippen LogP contribution in [0, 0.1) is 34.6 Å². The molecule has 1 atom stereocenters. The van der Waals surface area contributed by atoms with Crippen LogP contribution in [0.25, 0.3) is 0 Å². The van der Waals surface area contributed by atoms with Crippen molar-refractivity contribution in [3.05, 3.63) is 33.4 Å². The molecule has 2 nitrogen and oxygen atoms in total. The van der Waals surface area contributed by atoms with E-state index in [2.05, 4.69) is 39.9 Å². The fraction of sp³-hybridized carbons (Fsp3) is 0.588. The van der Waals surface area contributed by atoms with Crippen LogP contribution in [0.2, 0.25) is 0 Å². The normalized spacial score (nSPS) is 19.5. The Morgan fingerprint density at radius 2 is 1.42 bits per heavy atom. The van der Waals surface area contributed by atoms with Crippen LogP contribution in [0.4, 0.5) is 0 Å². The van der Waals surface area contributed by atoms with Crippen molar-refractivity contribution in [2.45, 2.75) is 59.9 Å². The molecule has 0 bridgehead atoms. The number of Topliss-reactive ketones (excluding diaryl/α,β-unsaturated/α-hetero) is 1. The van der Waals surface area contributed by atoms with Crippen LogP contribution in [-0.4, -0.2) is 18.4 Å². The Labute approximate surface area is 116 Å². The molecule has 1 saturated heterocycles. The lowest BCUT2D eigenvalue weighted by molar-refractivity contribution is 0.0925. The van der Waals surface area contributed by atoms with E-state index in [1.165, 1.54) is 23.1 Å². The Hall–Kier alpha value is -1.15. The molecule has 1 aromatic carbocycles. The molecule has 1 N–H and O–H groups in total. The zero-order valence-electron chi connectivity index (χ0n) is 12.8. The van der Waals surface area contributed by atoms with Gasteiger partial charge in [-0.3, -0.25) is 4.79 Å². The van der Waals surface area contributed by atoms with Gasteiger partial charge in [-0.25, -0.2) is 0 Å². The molecule has 0 aromatic heterocycles. The van der Waals surface area contributed by atoms with Crippen molar-refractivity contribution in [2.75, 3.05) is 6.54 Å². The van der Waals surface area contributed by atoms with Gasteiger partial charge in [0.2, 0.25) is 0 Å². The van der Waals surface area contributed by atoms with Crippen molar-refractivity contribution in [1.82, 2.24) is 5.32 Å². The number of carbonyl (C=O) groups is 1. The molecule has 104 valence electrons. The molecule has 2 heteroatoms. The van der Waals surface area contributed by atoms with E-state index in [1.807, 2.05) is 0 Å². The molecular formula is C17H25NO. The molecule has 1 aliphatic rings. The molecule has 1 fully saturated rings. The number of benzene rings is 1. The van der Waals surface area contributed by atoms with Crippen molar-refractivity contribution < 1.29 is 4.79 Å². The molecule has 0 aliphatic carbocycles. The van der Waals surface area contributed by atoms with E-state index >= 15 is 0 Å². The molecule has 19 heavy (non-hydrogen) atoms. The Bertz CT molecular complexity index is 481. The smallest absolute Gasteiger partial charge is 0.180 e. The van der Waals surface area contributed by atoms with Crippen LogP contribution in [0.15, 0.2) is 0 Å². The highest BCUT2D eigenvalue weighted by molar-refractivity contribution is 6.03. The van der Waals surface area contributed by atoms with Crippen LogP contribution in [0.1, 0.15) is 57.4 Å². The van der Waals surface area contributed by atoms with Crippen molar-refractivity contribution >= 4 is 5.78 Å². The van der Waals surface area contributed by atoms with E-state index in [0.29, 0.717) is 5.78 Å². The molecule has 0 amide bonds. The van der Waals surface area contributed by atoms with Gasteiger partial charge in [-0.2, -0.15) is 0 Å². The van der Waals surface area contributed by atoms with Gasteiger partial charge in [0.05, 0.1) is 6.04 Å². The van der Waals surface area contributed by atoms with Gasteiger partial charge in [0.15, 0.2) is 5.78 Å². The summed E-state index contributed by atoms with van der Waals surface area (Å²) in [5.74, 6) is 0.293. The van der Waals surface area contributed by atoms with Crippen molar-refractivity contribution in [2.24, 2.45) is 0 Å². The summed E-state index contributed by atoms with van der Waals surface area (Å²) in [5.41, 5.74) is 7.14. The Morgan fingerprint density at radius 3 is 1.89 bits per heavy atom. The van der Waals surface area contributed by atoms with Crippen molar-refractivity contribution in [1.29, 1.82) is 0 Å². The van der Waals surface area contributed by atoms with E-state index in [-0.39, 0.29) is 6.04 Å². The fourth-order valence-corrected chi connectivity index (χ4v) is 3.12. The lowest BCUT2D eigenvalue weighted by Gasteiger charge is -2.25. The van der Waals surface area contributed by atoms with Gasteiger partial charge in [-0.1, -0.05) is 6.42 Å². The maximum atomic E-state index is 12.8. The van der Waals surface area contributed by atoms with E-state index < -0.39 is 0 Å². The summed E-state index contributed by atoms with van der Waals surface area (Å²) < 4.78 is 0. The van der Waals surface area contributed by atoms with E-state index in [1.54, 1.807) is 0 Å². The zero-order valence-corrected chi connectivity index (χ0v) is 12.8. The van der Waals surface area contributed by atoms with Gasteiger partial charge in [0, 0.05) is 5.56 Å². The minimum atomic E-state index is 0.0210. The van der Waals surface area contributed by atoms with Crippen LogP contribution < -0.4 is 5.32 Å². The van der Waals surface area contributed by atoms with Crippen LogP contribution in [0.5, 0.6) is 0 Å². The van der Waals surface area contributed by atoms with Gasteiger partial charge in [-0.05, 0) is 81.8 Å². The molecule has 0 radical (unpaired) electrons.